The topological polar surface area (TPSA) is 135 Å². The molecule has 0 spiro atoms. The van der Waals surface area contributed by atoms with E-state index in [1.165, 1.54) is 28.3 Å². The van der Waals surface area contributed by atoms with E-state index in [-0.39, 0.29) is 23.0 Å². The van der Waals surface area contributed by atoms with Gasteiger partial charge in [0.05, 0.1) is 10.3 Å². The summed E-state index contributed by atoms with van der Waals surface area (Å²) in [4.78, 5) is 27.8. The minimum absolute atomic E-state index is 0.0105. The largest absolute Gasteiger partial charge is 0.356 e. The summed E-state index contributed by atoms with van der Waals surface area (Å²) >= 11 is 2.69. The van der Waals surface area contributed by atoms with Crippen LogP contribution < -0.4 is 15.5 Å². The van der Waals surface area contributed by atoms with E-state index in [1.54, 1.807) is 30.3 Å². The van der Waals surface area contributed by atoms with E-state index in [4.69, 9.17) is 0 Å². The Hall–Kier alpha value is -3.23. The average molecular weight is 573 g/mol. The normalized spacial score (nSPS) is 17.6. The molecule has 1 aromatic carbocycles. The van der Waals surface area contributed by atoms with Crippen LogP contribution in [0.3, 0.4) is 0 Å². The molecule has 14 heteroatoms. The molecule has 0 saturated heterocycles. The lowest BCUT2D eigenvalue weighted by Crippen LogP contribution is -2.38. The molecule has 2 atom stereocenters. The van der Waals surface area contributed by atoms with Crippen LogP contribution in [-0.2, 0) is 10.0 Å². The van der Waals surface area contributed by atoms with Gasteiger partial charge >= 0.3 is 6.03 Å². The number of nitrogens with one attached hydrogen (secondary N) is 2. The van der Waals surface area contributed by atoms with Gasteiger partial charge < -0.3 is 10.2 Å². The molecule has 1 saturated carbocycles. The van der Waals surface area contributed by atoms with Crippen molar-refractivity contribution in [2.45, 2.75) is 55.2 Å². The van der Waals surface area contributed by atoms with Crippen molar-refractivity contribution in [3.8, 4) is 0 Å². The third kappa shape index (κ3) is 5.33. The Morgan fingerprint density at radius 1 is 1.21 bits per heavy atom. The molecule has 2 amide bonds. The highest BCUT2D eigenvalue weighted by molar-refractivity contribution is 7.99. The van der Waals surface area contributed by atoms with Crippen LogP contribution in [0.4, 0.5) is 15.7 Å². The number of thioether (sulfide) groups is 1. The van der Waals surface area contributed by atoms with Crippen LogP contribution in [0.1, 0.15) is 31.7 Å². The summed E-state index contributed by atoms with van der Waals surface area (Å²) in [6, 6.07) is 8.28. The van der Waals surface area contributed by atoms with E-state index in [1.807, 2.05) is 25.8 Å². The van der Waals surface area contributed by atoms with Crippen LogP contribution in [-0.4, -0.2) is 62.6 Å². The molecule has 2 N–H and O–H groups in total. The third-order valence-electron chi connectivity index (χ3n) is 6.53. The minimum Gasteiger partial charge on any atom is -0.356 e. The second kappa shape index (κ2) is 10.9. The fourth-order valence-electron chi connectivity index (χ4n) is 4.59. The molecule has 1 fully saturated rings. The first-order chi connectivity index (χ1) is 18.3. The number of hydrogen-bond acceptors (Lipinski definition) is 10. The first-order valence-corrected chi connectivity index (χ1v) is 15.4. The van der Waals surface area contributed by atoms with Crippen LogP contribution in [0.15, 0.2) is 52.9 Å². The number of carbonyl (C=O) groups excluding carboxylic acids is 1. The second-order valence-corrected chi connectivity index (χ2v) is 12.9. The SMILES string of the molecule is CCSc1nsc(NC(=O)N[C@H]2CC[C@H](N(C)c3ncnc4c3ccn4S(=O)(=O)c3ccc(C)cc3)C2)n1. The maximum absolute atomic E-state index is 13.3. The Balaban J connectivity index is 1.28. The van der Waals surface area contributed by atoms with Gasteiger partial charge in [-0.25, -0.2) is 27.2 Å². The Bertz CT molecular complexity index is 1550. The molecule has 5 rings (SSSR count). The molecule has 0 radical (unpaired) electrons. The van der Waals surface area contributed by atoms with Crippen molar-refractivity contribution in [2.24, 2.45) is 0 Å². The molecular formula is C24H28N8O3S3. The van der Waals surface area contributed by atoms with E-state index < -0.39 is 10.0 Å². The van der Waals surface area contributed by atoms with Crippen molar-refractivity contribution in [3.05, 3.63) is 48.4 Å². The number of hydrogen-bond donors (Lipinski definition) is 2. The molecule has 200 valence electrons. The lowest BCUT2D eigenvalue weighted by molar-refractivity contribution is 0.248. The van der Waals surface area contributed by atoms with Gasteiger partial charge in [-0.05, 0) is 50.1 Å². The zero-order valence-corrected chi connectivity index (χ0v) is 23.6. The Kier molecular flexibility index (Phi) is 7.54. The molecule has 0 aliphatic heterocycles. The summed E-state index contributed by atoms with van der Waals surface area (Å²) in [6.07, 6.45) is 5.30. The number of urea groups is 1. The molecule has 1 aliphatic carbocycles. The molecule has 4 aromatic rings. The molecular weight excluding hydrogens is 545 g/mol. The van der Waals surface area contributed by atoms with E-state index in [0.29, 0.717) is 27.1 Å². The average Bonchev–Trinajstić information content (AvgIpc) is 3.64. The smallest absolute Gasteiger partial charge is 0.321 e. The van der Waals surface area contributed by atoms with Gasteiger partial charge in [-0.15, -0.1) is 0 Å². The van der Waals surface area contributed by atoms with Crippen LogP contribution in [0.25, 0.3) is 11.0 Å². The Morgan fingerprint density at radius 2 is 2.00 bits per heavy atom. The minimum atomic E-state index is -3.81. The third-order valence-corrected chi connectivity index (χ3v) is 9.68. The summed E-state index contributed by atoms with van der Waals surface area (Å²) in [7, 11) is -1.87. The van der Waals surface area contributed by atoms with E-state index in [0.717, 1.165) is 42.1 Å². The highest BCUT2D eigenvalue weighted by Crippen LogP contribution is 2.32. The zero-order valence-electron chi connectivity index (χ0n) is 21.2. The van der Waals surface area contributed by atoms with Crippen molar-refractivity contribution in [3.63, 3.8) is 0 Å². The van der Waals surface area contributed by atoms with Gasteiger partial charge in [0.15, 0.2) is 5.65 Å². The van der Waals surface area contributed by atoms with Crippen LogP contribution in [0.5, 0.6) is 0 Å². The van der Waals surface area contributed by atoms with E-state index in [9.17, 15) is 13.2 Å². The lowest BCUT2D eigenvalue weighted by atomic mass is 10.2. The molecule has 1 aliphatic rings. The number of amides is 2. The fourth-order valence-corrected chi connectivity index (χ4v) is 7.16. The van der Waals surface area contributed by atoms with E-state index in [2.05, 4.69) is 30.0 Å². The number of aromatic nitrogens is 5. The molecule has 3 heterocycles. The van der Waals surface area contributed by atoms with Crippen LogP contribution >= 0.6 is 23.3 Å². The summed E-state index contributed by atoms with van der Waals surface area (Å²) in [5.74, 6) is 1.52. The lowest BCUT2D eigenvalue weighted by Gasteiger charge is -2.26. The summed E-state index contributed by atoms with van der Waals surface area (Å²) in [5, 5.41) is 7.58. The zero-order chi connectivity index (χ0) is 26.9. The van der Waals surface area contributed by atoms with Crippen molar-refractivity contribution in [1.82, 2.24) is 28.6 Å². The number of carbonyl (C=O) groups is 1. The maximum atomic E-state index is 13.3. The van der Waals surface area contributed by atoms with Gasteiger partial charge in [0.25, 0.3) is 10.0 Å². The van der Waals surface area contributed by atoms with Crippen molar-refractivity contribution in [2.75, 3.05) is 23.0 Å². The number of nitrogens with zero attached hydrogens (tertiary/aromatic N) is 6. The first-order valence-electron chi connectivity index (χ1n) is 12.2. The van der Waals surface area contributed by atoms with Gasteiger partial charge in [-0.1, -0.05) is 36.4 Å². The van der Waals surface area contributed by atoms with E-state index >= 15 is 0 Å². The maximum Gasteiger partial charge on any atom is 0.321 e. The molecule has 3 aromatic heterocycles. The molecule has 0 bridgehead atoms. The fraction of sp³-hybridized carbons (Fsp3) is 0.375. The summed E-state index contributed by atoms with van der Waals surface area (Å²) < 4.78 is 32.0. The Labute approximate surface area is 229 Å². The molecule has 11 nitrogen and oxygen atoms in total. The number of benzene rings is 1. The number of rotatable bonds is 8. The molecule has 38 heavy (non-hydrogen) atoms. The monoisotopic (exact) mass is 572 g/mol. The van der Waals surface area contributed by atoms with Crippen LogP contribution in [0, 0.1) is 6.92 Å². The summed E-state index contributed by atoms with van der Waals surface area (Å²) in [6.45, 7) is 3.93. The second-order valence-electron chi connectivity index (χ2n) is 9.05. The van der Waals surface area contributed by atoms with Gasteiger partial charge in [-0.3, -0.25) is 5.32 Å². The highest BCUT2D eigenvalue weighted by atomic mass is 32.2. The van der Waals surface area contributed by atoms with Gasteiger partial charge in [0, 0.05) is 36.9 Å². The number of anilines is 2. The van der Waals surface area contributed by atoms with Gasteiger partial charge in [0.1, 0.15) is 12.1 Å². The predicted molar refractivity (Wildman–Crippen MR) is 150 cm³/mol. The summed E-state index contributed by atoms with van der Waals surface area (Å²) in [5.41, 5.74) is 1.31. The Morgan fingerprint density at radius 3 is 2.76 bits per heavy atom. The predicted octanol–water partition coefficient (Wildman–Crippen LogP) is 4.12. The number of aryl methyl sites for hydroxylation is 1. The first kappa shape index (κ1) is 26.4. The van der Waals surface area contributed by atoms with Crippen molar-refractivity contribution < 1.29 is 13.2 Å². The number of fused-ring (bicyclic) bond motifs is 1. The van der Waals surface area contributed by atoms with Crippen LogP contribution in [0.2, 0.25) is 0 Å². The molecule has 0 unspecified atom stereocenters. The van der Waals surface area contributed by atoms with Gasteiger partial charge in [0.2, 0.25) is 10.3 Å². The van der Waals surface area contributed by atoms with Crippen molar-refractivity contribution >= 4 is 61.3 Å². The van der Waals surface area contributed by atoms with Gasteiger partial charge in [-0.2, -0.15) is 9.36 Å². The highest BCUT2D eigenvalue weighted by Gasteiger charge is 2.31. The standard InChI is InChI=1S/C24H28N8O3S3/c1-4-36-24-29-23(37-30-24)28-22(33)27-16-7-8-17(13-16)31(3)20-19-11-12-32(21(19)26-14-25-20)38(34,35)18-9-5-15(2)6-10-18/h5-6,9-12,14,16-17H,4,7-8,13H2,1-3H3,(H2,27,28,29,30,33)/t16-,17-/m0/s1. The quantitative estimate of drug-likeness (QED) is 0.299. The van der Waals surface area contributed by atoms with Crippen molar-refractivity contribution in [1.29, 1.82) is 0 Å².